The zero-order valence-electron chi connectivity index (χ0n) is 10.9. The van der Waals surface area contributed by atoms with Crippen molar-refractivity contribution >= 4 is 27.7 Å². The number of imide groups is 1. The minimum absolute atomic E-state index is 0.119. The predicted octanol–water partition coefficient (Wildman–Crippen LogP) is 2.37. The lowest BCUT2D eigenvalue weighted by atomic mass is 9.97. The van der Waals surface area contributed by atoms with E-state index in [0.29, 0.717) is 0 Å². The normalized spacial score (nSPS) is 24.2. The number of ether oxygens (including phenoxy) is 1. The molecular formula is C14H16BrNO3. The second-order valence-corrected chi connectivity index (χ2v) is 5.63. The molecule has 3 unspecified atom stereocenters. The highest BCUT2D eigenvalue weighted by molar-refractivity contribution is 9.10. The number of benzene rings is 1. The van der Waals surface area contributed by atoms with E-state index in [2.05, 4.69) is 21.2 Å². The van der Waals surface area contributed by atoms with Crippen LogP contribution < -0.4 is 10.1 Å². The molecule has 4 nitrogen and oxygen atoms in total. The van der Waals surface area contributed by atoms with Crippen molar-refractivity contribution in [2.75, 3.05) is 0 Å². The lowest BCUT2D eigenvalue weighted by molar-refractivity contribution is -0.125. The summed E-state index contributed by atoms with van der Waals surface area (Å²) < 4.78 is 5.73. The van der Waals surface area contributed by atoms with Crippen molar-refractivity contribution in [3.8, 4) is 5.75 Å². The van der Waals surface area contributed by atoms with Crippen LogP contribution in [0.15, 0.2) is 24.3 Å². The maximum absolute atomic E-state index is 11.8. The molecule has 19 heavy (non-hydrogen) atoms. The van der Waals surface area contributed by atoms with E-state index in [9.17, 15) is 9.59 Å². The topological polar surface area (TPSA) is 55.4 Å². The number of alkyl halides is 1. The molecule has 0 spiro atoms. The van der Waals surface area contributed by atoms with Gasteiger partial charge < -0.3 is 4.74 Å². The van der Waals surface area contributed by atoms with Crippen molar-refractivity contribution in [2.24, 2.45) is 0 Å². The number of carbonyl (C=O) groups is 2. The first-order valence-corrected chi connectivity index (χ1v) is 7.20. The molecule has 2 amide bonds. The van der Waals surface area contributed by atoms with Gasteiger partial charge >= 0.3 is 0 Å². The smallest absolute Gasteiger partial charge is 0.241 e. The van der Waals surface area contributed by atoms with Gasteiger partial charge in [-0.3, -0.25) is 14.9 Å². The fourth-order valence-electron chi connectivity index (χ4n) is 1.97. The van der Waals surface area contributed by atoms with Gasteiger partial charge in [0.2, 0.25) is 11.8 Å². The number of halogens is 1. The molecule has 102 valence electrons. The van der Waals surface area contributed by atoms with Crippen LogP contribution in [0, 0.1) is 0 Å². The van der Waals surface area contributed by atoms with Gasteiger partial charge in [0.15, 0.2) is 0 Å². The van der Waals surface area contributed by atoms with Crippen LogP contribution in [0.1, 0.15) is 31.7 Å². The van der Waals surface area contributed by atoms with Crippen molar-refractivity contribution in [2.45, 2.75) is 37.1 Å². The first kappa shape index (κ1) is 14.1. The molecule has 1 aromatic rings. The van der Waals surface area contributed by atoms with Crippen molar-refractivity contribution in [3.05, 3.63) is 29.8 Å². The quantitative estimate of drug-likeness (QED) is 0.683. The van der Waals surface area contributed by atoms with Gasteiger partial charge in [-0.2, -0.15) is 0 Å². The summed E-state index contributed by atoms with van der Waals surface area (Å²) in [6.07, 6.45) is 1.03. The highest BCUT2D eigenvalue weighted by Gasteiger charge is 2.40. The van der Waals surface area contributed by atoms with Gasteiger partial charge in [0, 0.05) is 0 Å². The summed E-state index contributed by atoms with van der Waals surface area (Å²) in [7, 11) is 0. The summed E-state index contributed by atoms with van der Waals surface area (Å²) in [6.45, 7) is 4.04. The Hall–Kier alpha value is -1.36. The van der Waals surface area contributed by atoms with E-state index in [4.69, 9.17) is 4.74 Å². The van der Waals surface area contributed by atoms with Gasteiger partial charge in [0.05, 0.1) is 12.0 Å². The summed E-state index contributed by atoms with van der Waals surface area (Å²) in [4.78, 5) is 22.7. The summed E-state index contributed by atoms with van der Waals surface area (Å²) in [5, 5.41) is 2.32. The van der Waals surface area contributed by atoms with Gasteiger partial charge in [0.1, 0.15) is 10.6 Å². The second kappa shape index (κ2) is 5.74. The van der Waals surface area contributed by atoms with Gasteiger partial charge in [-0.05, 0) is 31.0 Å². The third-order valence-electron chi connectivity index (χ3n) is 3.20. The molecule has 1 saturated heterocycles. The van der Waals surface area contributed by atoms with Crippen molar-refractivity contribution < 1.29 is 14.3 Å². The monoisotopic (exact) mass is 325 g/mol. The minimum Gasteiger partial charge on any atom is -0.491 e. The summed E-state index contributed by atoms with van der Waals surface area (Å²) in [6, 6.07) is 7.35. The van der Waals surface area contributed by atoms with E-state index in [0.717, 1.165) is 17.7 Å². The maximum atomic E-state index is 11.8. The zero-order chi connectivity index (χ0) is 14.0. The van der Waals surface area contributed by atoms with Crippen molar-refractivity contribution in [1.82, 2.24) is 5.32 Å². The number of hydrogen-bond acceptors (Lipinski definition) is 3. The molecule has 2 rings (SSSR count). The van der Waals surface area contributed by atoms with E-state index < -0.39 is 10.7 Å². The third-order valence-corrected chi connectivity index (χ3v) is 4.15. The van der Waals surface area contributed by atoms with Crippen LogP contribution in [0.4, 0.5) is 0 Å². The number of carbonyl (C=O) groups excluding carboxylic acids is 2. The summed E-state index contributed by atoms with van der Waals surface area (Å²) in [5.74, 6) is -0.331. The summed E-state index contributed by atoms with van der Waals surface area (Å²) >= 11 is 3.26. The highest BCUT2D eigenvalue weighted by Crippen LogP contribution is 2.32. The minimum atomic E-state index is -0.515. The van der Waals surface area contributed by atoms with Gasteiger partial charge in [-0.1, -0.05) is 35.0 Å². The lowest BCUT2D eigenvalue weighted by Gasteiger charge is -2.15. The molecule has 0 bridgehead atoms. The Kier molecular flexibility index (Phi) is 4.24. The molecule has 0 aromatic heterocycles. The molecular weight excluding hydrogens is 310 g/mol. The number of rotatable bonds is 4. The molecule has 1 aliphatic heterocycles. The summed E-state index contributed by atoms with van der Waals surface area (Å²) in [5.41, 5.74) is 0.783. The van der Waals surface area contributed by atoms with Crippen LogP contribution >= 0.6 is 15.9 Å². The molecule has 0 aliphatic carbocycles. The Morgan fingerprint density at radius 2 is 2.11 bits per heavy atom. The van der Waals surface area contributed by atoms with E-state index in [1.807, 2.05) is 38.1 Å². The first-order valence-electron chi connectivity index (χ1n) is 6.28. The molecule has 0 saturated carbocycles. The number of hydrogen-bond donors (Lipinski definition) is 1. The van der Waals surface area contributed by atoms with Crippen LogP contribution in [-0.4, -0.2) is 22.7 Å². The van der Waals surface area contributed by atoms with Crippen LogP contribution in [-0.2, 0) is 9.59 Å². The highest BCUT2D eigenvalue weighted by atomic mass is 79.9. The standard InChI is InChI=1S/C14H16BrNO3/c1-3-8(2)19-10-6-4-5-9(7-10)11-12(15)14(18)16-13(11)17/h4-8,11-12H,3H2,1-2H3,(H,16,17,18). The Balaban J connectivity index is 2.23. The largest absolute Gasteiger partial charge is 0.491 e. The lowest BCUT2D eigenvalue weighted by Crippen LogP contribution is -2.22. The molecule has 1 aliphatic rings. The SMILES string of the molecule is CCC(C)Oc1cccc(C2C(=O)NC(=O)C2Br)c1. The zero-order valence-corrected chi connectivity index (χ0v) is 12.4. The van der Waals surface area contributed by atoms with Crippen molar-refractivity contribution in [3.63, 3.8) is 0 Å². The van der Waals surface area contributed by atoms with Crippen LogP contribution in [0.3, 0.4) is 0 Å². The third kappa shape index (κ3) is 2.97. The molecule has 0 radical (unpaired) electrons. The molecule has 5 heteroatoms. The second-order valence-electron chi connectivity index (χ2n) is 4.64. The Morgan fingerprint density at radius 3 is 2.68 bits per heavy atom. The van der Waals surface area contributed by atoms with Crippen LogP contribution in [0.5, 0.6) is 5.75 Å². The predicted molar refractivity (Wildman–Crippen MR) is 75.4 cm³/mol. The van der Waals surface area contributed by atoms with E-state index in [1.54, 1.807) is 0 Å². The Morgan fingerprint density at radius 1 is 1.37 bits per heavy atom. The Bertz CT molecular complexity index is 503. The van der Waals surface area contributed by atoms with E-state index >= 15 is 0 Å². The van der Waals surface area contributed by atoms with Gasteiger partial charge in [0.25, 0.3) is 0 Å². The van der Waals surface area contributed by atoms with E-state index in [1.165, 1.54) is 0 Å². The van der Waals surface area contributed by atoms with Gasteiger partial charge in [-0.15, -0.1) is 0 Å². The molecule has 1 N–H and O–H groups in total. The molecule has 1 heterocycles. The van der Waals surface area contributed by atoms with Crippen molar-refractivity contribution in [1.29, 1.82) is 0 Å². The molecule has 3 atom stereocenters. The average Bonchev–Trinajstić information content (AvgIpc) is 2.63. The Labute approximate surface area is 120 Å². The molecule has 1 aromatic carbocycles. The van der Waals surface area contributed by atoms with Crippen LogP contribution in [0.25, 0.3) is 0 Å². The van der Waals surface area contributed by atoms with Gasteiger partial charge in [-0.25, -0.2) is 0 Å². The fourth-order valence-corrected chi connectivity index (χ4v) is 2.63. The first-order chi connectivity index (χ1) is 9.02. The maximum Gasteiger partial charge on any atom is 0.241 e. The fraction of sp³-hybridized carbons (Fsp3) is 0.429. The van der Waals surface area contributed by atoms with Crippen LogP contribution in [0.2, 0.25) is 0 Å². The molecule has 1 fully saturated rings. The van der Waals surface area contributed by atoms with E-state index in [-0.39, 0.29) is 17.9 Å². The average molecular weight is 326 g/mol. The number of nitrogens with one attached hydrogen (secondary N) is 1. The number of amides is 2.